The van der Waals surface area contributed by atoms with Gasteiger partial charge < -0.3 is 210 Å². The van der Waals surface area contributed by atoms with Gasteiger partial charge in [0.1, 0.15) is 183 Å². The van der Waals surface area contributed by atoms with Gasteiger partial charge in [0.2, 0.25) is 17.7 Å². The van der Waals surface area contributed by atoms with Gasteiger partial charge in [0.25, 0.3) is 5.79 Å². The summed E-state index contributed by atoms with van der Waals surface area (Å²) in [5, 5.41) is 271. The Balaban J connectivity index is 1.17. The Morgan fingerprint density at radius 1 is 0.417 bits per heavy atom. The lowest BCUT2D eigenvalue weighted by molar-refractivity contribution is -0.400. The van der Waals surface area contributed by atoms with Crippen molar-refractivity contribution in [2.45, 2.75) is 285 Å². The largest absolute Gasteiger partial charge is 0.477 e. The van der Waals surface area contributed by atoms with Crippen molar-refractivity contribution in [1.29, 1.82) is 0 Å². The van der Waals surface area contributed by atoms with Crippen molar-refractivity contribution in [2.75, 3.05) is 46.2 Å². The maximum atomic E-state index is 13.6. The summed E-state index contributed by atoms with van der Waals surface area (Å²) < 4.78 is 88.4. The summed E-state index contributed by atoms with van der Waals surface area (Å²) in [6.45, 7) is -3.95. The van der Waals surface area contributed by atoms with E-state index in [1.807, 2.05) is 0 Å². The van der Waals surface area contributed by atoms with E-state index in [2.05, 4.69) is 16.0 Å². The zero-order chi connectivity index (χ0) is 76.3. The molecule has 596 valence electrons. The second kappa shape index (κ2) is 36.3. The highest BCUT2D eigenvalue weighted by molar-refractivity contribution is 5.77. The molecule has 8 heterocycles. The second-order valence-corrected chi connectivity index (χ2v) is 26.0. The maximum Gasteiger partial charge on any atom is 0.364 e. The van der Waals surface area contributed by atoms with Crippen molar-refractivity contribution in [2.24, 2.45) is 0 Å². The molecule has 0 aromatic carbocycles. The van der Waals surface area contributed by atoms with E-state index in [4.69, 9.17) is 71.1 Å². The van der Waals surface area contributed by atoms with Crippen LogP contribution in [-0.4, -0.2) is 444 Å². The van der Waals surface area contributed by atoms with E-state index in [1.165, 1.54) is 6.92 Å². The predicted octanol–water partition coefficient (Wildman–Crippen LogP) is -17.8. The van der Waals surface area contributed by atoms with Crippen molar-refractivity contribution in [3.63, 3.8) is 0 Å². The number of aliphatic hydroxyl groups is 23. The molecule has 0 aromatic heterocycles. The molecule has 0 saturated carbocycles. The summed E-state index contributed by atoms with van der Waals surface area (Å²) in [7, 11) is 0. The van der Waals surface area contributed by atoms with Crippen molar-refractivity contribution in [3.05, 3.63) is 0 Å². The number of hydrogen-bond acceptors (Lipinski definition) is 42. The average Bonchev–Trinajstić information content (AvgIpc) is 0.755. The van der Waals surface area contributed by atoms with Gasteiger partial charge in [-0.05, 0) is 6.92 Å². The number of hydrogen-bond donors (Lipinski definition) is 27. The first-order chi connectivity index (χ1) is 48.5. The van der Waals surface area contributed by atoms with E-state index in [9.17, 15) is 142 Å². The van der Waals surface area contributed by atoms with Gasteiger partial charge in [-0.15, -0.1) is 0 Å². The molecule has 8 fully saturated rings. The van der Waals surface area contributed by atoms with Gasteiger partial charge in [-0.3, -0.25) is 14.4 Å². The molecule has 0 spiro atoms. The smallest absolute Gasteiger partial charge is 0.364 e. The molecule has 8 saturated heterocycles. The Hall–Kier alpha value is -3.64. The van der Waals surface area contributed by atoms with Crippen LogP contribution in [0.25, 0.3) is 0 Å². The molecule has 0 radical (unpaired) electrons. The summed E-state index contributed by atoms with van der Waals surface area (Å²) in [5.41, 5.74) is 0. The lowest BCUT2D eigenvalue weighted by atomic mass is 9.88. The number of carboxylic acid groups (broad SMARTS) is 1. The van der Waals surface area contributed by atoms with E-state index in [-0.39, 0.29) is 0 Å². The molecule has 46 nitrogen and oxygen atoms in total. The molecule has 0 aliphatic carbocycles. The topological polar surface area (TPSA) is 728 Å². The number of nitrogens with one attached hydrogen (secondary N) is 3. The van der Waals surface area contributed by atoms with Gasteiger partial charge in [-0.1, -0.05) is 0 Å². The van der Waals surface area contributed by atoms with E-state index < -0.39 is 327 Å². The van der Waals surface area contributed by atoms with E-state index >= 15 is 0 Å². The Labute approximate surface area is 582 Å². The van der Waals surface area contributed by atoms with Crippen LogP contribution in [0.4, 0.5) is 0 Å². The lowest BCUT2D eigenvalue weighted by Gasteiger charge is -2.52. The van der Waals surface area contributed by atoms with Crippen LogP contribution in [0.2, 0.25) is 0 Å². The first-order valence-electron chi connectivity index (χ1n) is 32.6. The summed E-state index contributed by atoms with van der Waals surface area (Å²) in [4.78, 5) is 52.1. The third kappa shape index (κ3) is 18.5. The third-order valence-electron chi connectivity index (χ3n) is 18.8. The van der Waals surface area contributed by atoms with E-state index in [0.29, 0.717) is 0 Å². The Bertz CT molecular complexity index is 2720. The van der Waals surface area contributed by atoms with E-state index in [0.717, 1.165) is 20.8 Å². The summed E-state index contributed by atoms with van der Waals surface area (Å²) in [5.74, 6) is -8.41. The van der Waals surface area contributed by atoms with Gasteiger partial charge in [0, 0.05) is 27.2 Å². The number of carboxylic acids is 1. The first kappa shape index (κ1) is 85.0. The molecule has 2 unspecified atom stereocenters. The third-order valence-corrected chi connectivity index (χ3v) is 18.8. The number of ether oxygens (including phenoxy) is 15. The van der Waals surface area contributed by atoms with Crippen LogP contribution in [0.3, 0.4) is 0 Å². The van der Waals surface area contributed by atoms with Gasteiger partial charge >= 0.3 is 5.97 Å². The molecule has 46 heteroatoms. The number of aliphatic hydroxyl groups excluding tert-OH is 23. The predicted molar refractivity (Wildman–Crippen MR) is 315 cm³/mol. The Morgan fingerprint density at radius 2 is 0.845 bits per heavy atom. The first-order valence-corrected chi connectivity index (χ1v) is 32.6. The highest BCUT2D eigenvalue weighted by Crippen LogP contribution is 2.42. The summed E-state index contributed by atoms with van der Waals surface area (Å²) in [6.07, 6.45) is -79.7. The number of rotatable bonds is 27. The van der Waals surface area contributed by atoms with Gasteiger partial charge in [-0.25, -0.2) is 4.79 Å². The Kier molecular flexibility index (Phi) is 29.9. The van der Waals surface area contributed by atoms with Crippen LogP contribution in [-0.2, 0) is 90.2 Å². The zero-order valence-corrected chi connectivity index (χ0v) is 55.2. The molecule has 0 aromatic rings. The van der Waals surface area contributed by atoms with Crippen LogP contribution in [0, 0.1) is 0 Å². The standard InChI is InChI=1S/C57H95N3O43/c1-13-28(72)34(78)38(82)52(90-13)99-44-23(11-66)95-51(27(60-16(4)69)46(44)100-55-41(85)48(31(75)20(8-63)93-55)103-57(56(87)88)5-17(70)25(58-14(2)67)45(102-57)29(73)18(71)6-61)101-47-32(76)24(96-54(40(47)84)98-43-21(9-64)91-49(86)37(81)36(43)80)12-89-50-26(59-15(3)68)33(77)42(22(10-65)94-50)97-53-39(83)35(79)30(74)19(7-62)92-53/h13,17-55,61-66,70-86H,5-12H2,1-4H3,(H,58,67)(H,59,68)(H,60,69)(H,87,88)/t13-,17-,18+,19+,20+,21+,22+,23+,24+,25+,26+,27+,28+,29+,30-,31-,32-,33+,34+,35-,36+,37+,38-,39+,40+,41+,42+,43+,44+,45+,46+,47-,48-,49?,50+,51-,52-,53?,54-,55-,57-/m0/s1. The van der Waals surface area contributed by atoms with Crippen LogP contribution >= 0.6 is 0 Å². The van der Waals surface area contributed by atoms with Crippen molar-refractivity contribution in [3.8, 4) is 0 Å². The van der Waals surface area contributed by atoms with Gasteiger partial charge in [0.05, 0.1) is 64.5 Å². The highest BCUT2D eigenvalue weighted by atomic mass is 16.8. The monoisotopic (exact) mass is 1510 g/mol. The van der Waals surface area contributed by atoms with Crippen LogP contribution < -0.4 is 16.0 Å². The van der Waals surface area contributed by atoms with Crippen LogP contribution in [0.15, 0.2) is 0 Å². The number of aliphatic carboxylic acids is 1. The zero-order valence-electron chi connectivity index (χ0n) is 55.2. The molecule has 41 atom stereocenters. The highest BCUT2D eigenvalue weighted by Gasteiger charge is 2.63. The fourth-order valence-corrected chi connectivity index (χ4v) is 13.2. The minimum Gasteiger partial charge on any atom is -0.477 e. The van der Waals surface area contributed by atoms with Crippen molar-refractivity contribution < 1.29 is 213 Å². The summed E-state index contributed by atoms with van der Waals surface area (Å²) in [6, 6.07) is -5.75. The average molecular weight is 1510 g/mol. The molecule has 0 bridgehead atoms. The summed E-state index contributed by atoms with van der Waals surface area (Å²) >= 11 is 0. The normalized spacial score (nSPS) is 48.3. The molecular weight excluding hydrogens is 1410 g/mol. The number of amides is 3. The second-order valence-electron chi connectivity index (χ2n) is 26.0. The maximum absolute atomic E-state index is 13.6. The SMILES string of the molecule is CC(=O)N[C@H]1[C@H](OC[C@H]2O[C@@H](O[C@H]3[C@H](O)[C@@H](O)C(O)O[C@@H]3CO)[C@H](O)[C@@H](O[C@@H]3O[C@H](CO)[C@@H](O[C@@H]4O[C@@H](C)[C@@H](O)[C@@H](O)[C@@H]4O)[C@H](O[C@@H]4O[C@H](CO)[C@H](O)[C@H](O[C@]5(C(=O)O)C[C@H](O)[C@@H](NC(C)=O)[C@H]([C@H](O)[C@H](O)CO)O5)[C@H]4O)[C@H]3NC(C)=O)[C@H]2O)O[C@H](CO)[C@@H](OC2O[C@H](CO)[C@H](O)[C@H](O)[C@H]2O)[C@@H]1O. The number of carbonyl (C=O) groups excluding carboxylic acids is 3. The lowest BCUT2D eigenvalue weighted by Crippen LogP contribution is -2.72. The fourth-order valence-electron chi connectivity index (χ4n) is 13.2. The molecule has 103 heavy (non-hydrogen) atoms. The van der Waals surface area contributed by atoms with Crippen molar-refractivity contribution >= 4 is 23.7 Å². The minimum atomic E-state index is -3.36. The number of carbonyl (C=O) groups is 4. The molecule has 8 rings (SSSR count). The van der Waals surface area contributed by atoms with E-state index in [1.54, 1.807) is 0 Å². The van der Waals surface area contributed by atoms with Crippen molar-refractivity contribution in [1.82, 2.24) is 16.0 Å². The molecular formula is C57H95N3O43. The Morgan fingerprint density at radius 3 is 1.40 bits per heavy atom. The van der Waals surface area contributed by atoms with Crippen LogP contribution in [0.1, 0.15) is 34.1 Å². The molecule has 8 aliphatic rings. The molecule has 8 aliphatic heterocycles. The fraction of sp³-hybridized carbons (Fsp3) is 0.930. The van der Waals surface area contributed by atoms with Crippen LogP contribution in [0.5, 0.6) is 0 Å². The quantitative estimate of drug-likeness (QED) is 0.0363. The van der Waals surface area contributed by atoms with Gasteiger partial charge in [-0.2, -0.15) is 0 Å². The molecule has 27 N–H and O–H groups in total. The minimum absolute atomic E-state index is 0.868. The van der Waals surface area contributed by atoms with Gasteiger partial charge in [0.15, 0.2) is 44.0 Å². The molecule has 3 amide bonds.